The maximum absolute atomic E-state index is 3.12. The summed E-state index contributed by atoms with van der Waals surface area (Å²) in [5.74, 6) is 0. The summed E-state index contributed by atoms with van der Waals surface area (Å²) in [5, 5.41) is 11.7. The molecule has 0 unspecified atom stereocenters. The third-order valence-corrected chi connectivity index (χ3v) is 2.64. The number of thiophene rings is 1. The molecule has 0 aliphatic rings. The highest BCUT2D eigenvalue weighted by molar-refractivity contribution is 7.20. The minimum absolute atomic E-state index is 1.14. The number of anilines is 3. The van der Waals surface area contributed by atoms with Crippen LogP contribution in [-0.2, 0) is 0 Å². The third-order valence-electron chi connectivity index (χ3n) is 1.47. The normalized spacial score (nSPS) is 9.36. The molecule has 1 aromatic heterocycles. The fraction of sp³-hybridized carbons (Fsp3) is 0.429. The first-order valence-corrected chi connectivity index (χ1v) is 4.30. The monoisotopic (exact) mass is 171 g/mol. The van der Waals surface area contributed by atoms with Crippen LogP contribution in [0, 0.1) is 0 Å². The molecule has 0 spiro atoms. The quantitative estimate of drug-likeness (QED) is 0.650. The second-order valence-corrected chi connectivity index (χ2v) is 3.16. The molecule has 1 heterocycles. The maximum atomic E-state index is 3.12. The van der Waals surface area contributed by atoms with Crippen LogP contribution < -0.4 is 16.0 Å². The van der Waals surface area contributed by atoms with E-state index in [4.69, 9.17) is 0 Å². The lowest BCUT2D eigenvalue weighted by Crippen LogP contribution is -1.90. The minimum atomic E-state index is 1.14. The maximum Gasteiger partial charge on any atom is 0.114 e. The molecule has 11 heavy (non-hydrogen) atoms. The number of hydrogen-bond donors (Lipinski definition) is 3. The molecule has 0 atom stereocenters. The number of hydrogen-bond acceptors (Lipinski definition) is 4. The van der Waals surface area contributed by atoms with Gasteiger partial charge in [-0.3, -0.25) is 0 Å². The summed E-state index contributed by atoms with van der Waals surface area (Å²) in [6.45, 7) is 0. The lowest BCUT2D eigenvalue weighted by atomic mass is 10.5. The standard InChI is InChI=1S/C7H13N3S/c1-8-5-4-6(9-2)11-7(5)10-3/h4,8-10H,1-3H3. The molecule has 0 bridgehead atoms. The second kappa shape index (κ2) is 3.48. The van der Waals surface area contributed by atoms with Crippen molar-refractivity contribution in [3.8, 4) is 0 Å². The average Bonchev–Trinajstić information content (AvgIpc) is 2.46. The number of rotatable bonds is 3. The van der Waals surface area contributed by atoms with E-state index in [2.05, 4.69) is 22.0 Å². The lowest BCUT2D eigenvalue weighted by Gasteiger charge is -1.98. The minimum Gasteiger partial charge on any atom is -0.386 e. The van der Waals surface area contributed by atoms with Gasteiger partial charge >= 0.3 is 0 Å². The van der Waals surface area contributed by atoms with Gasteiger partial charge in [0.1, 0.15) is 5.00 Å². The van der Waals surface area contributed by atoms with E-state index in [1.807, 2.05) is 21.1 Å². The Hall–Kier alpha value is -0.900. The zero-order chi connectivity index (χ0) is 8.27. The molecular formula is C7H13N3S. The molecule has 0 saturated heterocycles. The molecule has 0 saturated carbocycles. The molecule has 0 radical (unpaired) electrons. The Kier molecular flexibility index (Phi) is 2.59. The molecule has 0 fully saturated rings. The highest BCUT2D eigenvalue weighted by Crippen LogP contribution is 2.35. The first-order chi connectivity index (χ1) is 5.31. The summed E-state index contributed by atoms with van der Waals surface area (Å²) in [7, 11) is 5.76. The van der Waals surface area contributed by atoms with Crippen molar-refractivity contribution in [3.63, 3.8) is 0 Å². The molecule has 1 aromatic rings. The Morgan fingerprint density at radius 2 is 1.82 bits per heavy atom. The van der Waals surface area contributed by atoms with Crippen molar-refractivity contribution in [2.75, 3.05) is 37.1 Å². The Labute approximate surface area is 70.8 Å². The van der Waals surface area contributed by atoms with Gasteiger partial charge in [-0.15, -0.1) is 0 Å². The van der Waals surface area contributed by atoms with E-state index < -0.39 is 0 Å². The SMILES string of the molecule is CNc1cc(NC)c(NC)s1. The second-order valence-electron chi connectivity index (χ2n) is 2.10. The Morgan fingerprint density at radius 3 is 2.18 bits per heavy atom. The van der Waals surface area contributed by atoms with Crippen molar-refractivity contribution >= 4 is 27.0 Å². The van der Waals surface area contributed by atoms with Crippen LogP contribution in [0.25, 0.3) is 0 Å². The Morgan fingerprint density at radius 1 is 1.09 bits per heavy atom. The summed E-state index contributed by atoms with van der Waals surface area (Å²) in [5.41, 5.74) is 1.14. The summed E-state index contributed by atoms with van der Waals surface area (Å²) < 4.78 is 0. The van der Waals surface area contributed by atoms with E-state index >= 15 is 0 Å². The van der Waals surface area contributed by atoms with Gasteiger partial charge in [-0.1, -0.05) is 11.3 Å². The lowest BCUT2D eigenvalue weighted by molar-refractivity contribution is 1.50. The molecule has 1 rings (SSSR count). The molecule has 62 valence electrons. The first kappa shape index (κ1) is 8.20. The number of nitrogens with one attached hydrogen (secondary N) is 3. The van der Waals surface area contributed by atoms with Gasteiger partial charge in [-0.25, -0.2) is 0 Å². The van der Waals surface area contributed by atoms with Crippen molar-refractivity contribution in [1.82, 2.24) is 0 Å². The Bertz CT molecular complexity index is 210. The van der Waals surface area contributed by atoms with Crippen LogP contribution in [0.15, 0.2) is 6.07 Å². The molecule has 3 N–H and O–H groups in total. The van der Waals surface area contributed by atoms with Gasteiger partial charge in [0.2, 0.25) is 0 Å². The fourth-order valence-corrected chi connectivity index (χ4v) is 1.76. The van der Waals surface area contributed by atoms with Crippen LogP contribution in [0.3, 0.4) is 0 Å². The topological polar surface area (TPSA) is 36.1 Å². The van der Waals surface area contributed by atoms with Crippen molar-refractivity contribution < 1.29 is 0 Å². The Balaban J connectivity index is 2.92. The average molecular weight is 171 g/mol. The molecule has 0 aliphatic heterocycles. The van der Waals surface area contributed by atoms with Crippen LogP contribution >= 0.6 is 11.3 Å². The van der Waals surface area contributed by atoms with Gasteiger partial charge in [0.15, 0.2) is 0 Å². The van der Waals surface area contributed by atoms with Gasteiger partial charge in [0, 0.05) is 21.1 Å². The van der Waals surface area contributed by atoms with E-state index in [9.17, 15) is 0 Å². The van der Waals surface area contributed by atoms with E-state index in [1.165, 1.54) is 5.00 Å². The van der Waals surface area contributed by atoms with E-state index in [0.29, 0.717) is 0 Å². The fourth-order valence-electron chi connectivity index (χ4n) is 0.886. The summed E-state index contributed by atoms with van der Waals surface area (Å²) in [4.78, 5) is 0. The molecule has 3 nitrogen and oxygen atoms in total. The molecule has 4 heteroatoms. The predicted molar refractivity (Wildman–Crippen MR) is 53.0 cm³/mol. The van der Waals surface area contributed by atoms with Crippen molar-refractivity contribution in [3.05, 3.63) is 6.07 Å². The van der Waals surface area contributed by atoms with Crippen molar-refractivity contribution in [1.29, 1.82) is 0 Å². The van der Waals surface area contributed by atoms with Crippen LogP contribution in [-0.4, -0.2) is 21.1 Å². The van der Waals surface area contributed by atoms with E-state index in [-0.39, 0.29) is 0 Å². The molecule has 0 aliphatic carbocycles. The zero-order valence-electron chi connectivity index (χ0n) is 6.99. The summed E-state index contributed by atoms with van der Waals surface area (Å²) >= 11 is 1.70. The predicted octanol–water partition coefficient (Wildman–Crippen LogP) is 1.87. The smallest absolute Gasteiger partial charge is 0.114 e. The summed E-state index contributed by atoms with van der Waals surface area (Å²) in [6, 6.07) is 2.08. The van der Waals surface area contributed by atoms with E-state index in [0.717, 1.165) is 10.7 Å². The van der Waals surface area contributed by atoms with Gasteiger partial charge in [-0.05, 0) is 6.07 Å². The van der Waals surface area contributed by atoms with Gasteiger partial charge in [-0.2, -0.15) is 0 Å². The summed E-state index contributed by atoms with van der Waals surface area (Å²) in [6.07, 6.45) is 0. The zero-order valence-corrected chi connectivity index (χ0v) is 7.80. The molecule has 0 aromatic carbocycles. The van der Waals surface area contributed by atoms with Gasteiger partial charge in [0.05, 0.1) is 10.7 Å². The highest BCUT2D eigenvalue weighted by atomic mass is 32.1. The molecule has 0 amide bonds. The van der Waals surface area contributed by atoms with Gasteiger partial charge in [0.25, 0.3) is 0 Å². The largest absolute Gasteiger partial charge is 0.386 e. The van der Waals surface area contributed by atoms with Crippen molar-refractivity contribution in [2.45, 2.75) is 0 Å². The van der Waals surface area contributed by atoms with Crippen molar-refractivity contribution in [2.24, 2.45) is 0 Å². The van der Waals surface area contributed by atoms with Crippen LogP contribution in [0.4, 0.5) is 15.7 Å². The van der Waals surface area contributed by atoms with Gasteiger partial charge < -0.3 is 16.0 Å². The highest BCUT2D eigenvalue weighted by Gasteiger charge is 2.03. The first-order valence-electron chi connectivity index (χ1n) is 3.49. The van der Waals surface area contributed by atoms with Crippen LogP contribution in [0.2, 0.25) is 0 Å². The molecular weight excluding hydrogens is 158 g/mol. The van der Waals surface area contributed by atoms with E-state index in [1.54, 1.807) is 11.3 Å². The van der Waals surface area contributed by atoms with Crippen LogP contribution in [0.1, 0.15) is 0 Å². The van der Waals surface area contributed by atoms with Crippen LogP contribution in [0.5, 0.6) is 0 Å². The third kappa shape index (κ3) is 1.57.